The van der Waals surface area contributed by atoms with Crippen LogP contribution in [0.5, 0.6) is 0 Å². The molecule has 1 heterocycles. The van der Waals surface area contributed by atoms with E-state index >= 15 is 0 Å². The number of hydrazine groups is 1. The molecule has 0 aromatic rings. The number of amidine groups is 1. The van der Waals surface area contributed by atoms with Gasteiger partial charge < -0.3 is 10.6 Å². The third-order valence-electron chi connectivity index (χ3n) is 2.47. The van der Waals surface area contributed by atoms with Crippen molar-refractivity contribution in [2.24, 2.45) is 22.1 Å². The molecule has 0 spiro atoms. The summed E-state index contributed by atoms with van der Waals surface area (Å²) in [6.45, 7) is 4.12. The Hall–Kier alpha value is -0.810. The summed E-state index contributed by atoms with van der Waals surface area (Å²) < 4.78 is 0. The smallest absolute Gasteiger partial charge is 0.128 e. The molecule has 0 bridgehead atoms. The Morgan fingerprint density at radius 2 is 2.33 bits per heavy atom. The lowest BCUT2D eigenvalue weighted by Crippen LogP contribution is -2.39. The first kappa shape index (κ1) is 9.28. The van der Waals surface area contributed by atoms with Gasteiger partial charge in [0, 0.05) is 12.0 Å². The molecule has 1 fully saturated rings. The van der Waals surface area contributed by atoms with Gasteiger partial charge in [0.05, 0.1) is 0 Å². The first-order valence-electron chi connectivity index (χ1n) is 4.06. The fourth-order valence-corrected chi connectivity index (χ4v) is 1.61. The molecule has 70 valence electrons. The Kier molecular flexibility index (Phi) is 2.54. The van der Waals surface area contributed by atoms with Gasteiger partial charge in [-0.1, -0.05) is 6.92 Å². The van der Waals surface area contributed by atoms with Gasteiger partial charge in [0.25, 0.3) is 0 Å². The van der Waals surface area contributed by atoms with E-state index < -0.39 is 0 Å². The van der Waals surface area contributed by atoms with Gasteiger partial charge in [-0.05, 0) is 20.0 Å². The molecule has 0 aromatic heterocycles. The Morgan fingerprint density at radius 1 is 1.67 bits per heavy atom. The van der Waals surface area contributed by atoms with E-state index in [0.29, 0.717) is 5.84 Å². The van der Waals surface area contributed by atoms with Crippen LogP contribution in [0.3, 0.4) is 0 Å². The Labute approximate surface area is 72.7 Å². The normalized spacial score (nSPS) is 32.4. The summed E-state index contributed by atoms with van der Waals surface area (Å²) in [4.78, 5) is 2.24. The van der Waals surface area contributed by atoms with Gasteiger partial charge in [0.2, 0.25) is 0 Å². The van der Waals surface area contributed by atoms with Crippen LogP contribution in [0.4, 0.5) is 0 Å². The lowest BCUT2D eigenvalue weighted by atomic mass is 9.89. The summed E-state index contributed by atoms with van der Waals surface area (Å²) in [5, 5.41) is 3.81. The van der Waals surface area contributed by atoms with Crippen molar-refractivity contribution < 1.29 is 0 Å². The number of rotatable bonds is 2. The number of nitrogens with zero attached hydrogens (tertiary/aromatic N) is 2. The number of likely N-dealkylation sites (tertiary alicyclic amines) is 1. The molecule has 5 N–H and O–H groups in total. The molecular weight excluding hydrogens is 154 g/mol. The van der Waals surface area contributed by atoms with Crippen LogP contribution in [0.15, 0.2) is 5.10 Å². The number of hydrazone groups is 1. The molecule has 0 aromatic carbocycles. The highest BCUT2D eigenvalue weighted by Gasteiger charge is 2.35. The van der Waals surface area contributed by atoms with Crippen molar-refractivity contribution in [2.75, 3.05) is 20.1 Å². The highest BCUT2D eigenvalue weighted by molar-refractivity contribution is 5.86. The third-order valence-corrected chi connectivity index (χ3v) is 2.47. The lowest BCUT2D eigenvalue weighted by molar-refractivity contribution is 0.377. The Balaban J connectivity index is 2.66. The molecule has 1 unspecified atom stereocenters. The van der Waals surface area contributed by atoms with Crippen LogP contribution in [0, 0.1) is 5.41 Å². The van der Waals surface area contributed by atoms with E-state index in [1.165, 1.54) is 0 Å². The summed E-state index contributed by atoms with van der Waals surface area (Å²) >= 11 is 0. The number of nitrogens with one attached hydrogen (secondary N) is 1. The summed E-state index contributed by atoms with van der Waals surface area (Å²) in [5.41, 5.74) is 7.98. The second-order valence-electron chi connectivity index (χ2n) is 3.67. The fraction of sp³-hybridized carbons (Fsp3) is 0.857. The molecule has 5 nitrogen and oxygen atoms in total. The number of nitrogens with two attached hydrogens (primary N) is 2. The van der Waals surface area contributed by atoms with E-state index in [1.54, 1.807) is 0 Å². The highest BCUT2D eigenvalue weighted by Crippen LogP contribution is 2.28. The van der Waals surface area contributed by atoms with Crippen molar-refractivity contribution in [3.8, 4) is 0 Å². The van der Waals surface area contributed by atoms with Crippen LogP contribution in [0.1, 0.15) is 13.3 Å². The average molecular weight is 171 g/mol. The van der Waals surface area contributed by atoms with E-state index in [0.717, 1.165) is 19.5 Å². The van der Waals surface area contributed by atoms with Crippen LogP contribution in [-0.4, -0.2) is 30.9 Å². The van der Waals surface area contributed by atoms with Crippen molar-refractivity contribution in [3.63, 3.8) is 0 Å². The summed E-state index contributed by atoms with van der Waals surface area (Å²) in [6.07, 6.45) is 1.04. The minimum atomic E-state index is -0.0128. The largest absolute Gasteiger partial charge is 0.385 e. The van der Waals surface area contributed by atoms with Gasteiger partial charge in [-0.2, -0.15) is 5.10 Å². The van der Waals surface area contributed by atoms with Crippen molar-refractivity contribution in [2.45, 2.75) is 13.3 Å². The van der Waals surface area contributed by atoms with E-state index in [2.05, 4.69) is 29.5 Å². The van der Waals surface area contributed by atoms with Crippen molar-refractivity contribution in [1.82, 2.24) is 10.4 Å². The average Bonchev–Trinajstić information content (AvgIpc) is 2.33. The Bertz CT molecular complexity index is 190. The minimum absolute atomic E-state index is 0.0128. The first-order chi connectivity index (χ1) is 5.58. The molecule has 5 heteroatoms. The SMILES string of the molecule is CN1CCC(C)(/C(N)=N/NN)C1. The standard InChI is InChI=1S/C7H17N5/c1-7(6(8)10-11-9)3-4-12(2)5-7/h11H,3-5,9H2,1-2H3,(H2,8,10). The molecule has 0 radical (unpaired) electrons. The zero-order valence-corrected chi connectivity index (χ0v) is 7.67. The molecule has 1 aliphatic rings. The fourth-order valence-electron chi connectivity index (χ4n) is 1.61. The molecule has 1 aliphatic heterocycles. The second-order valence-corrected chi connectivity index (χ2v) is 3.67. The predicted octanol–water partition coefficient (Wildman–Crippen LogP) is -0.936. The maximum atomic E-state index is 5.77. The third kappa shape index (κ3) is 1.67. The molecular formula is C7H17N5. The second kappa shape index (κ2) is 3.28. The van der Waals surface area contributed by atoms with Gasteiger partial charge in [-0.3, -0.25) is 0 Å². The van der Waals surface area contributed by atoms with Gasteiger partial charge in [-0.15, -0.1) is 0 Å². The van der Waals surface area contributed by atoms with Crippen LogP contribution in [0.25, 0.3) is 0 Å². The number of hydrogen-bond acceptors (Lipinski definition) is 4. The lowest BCUT2D eigenvalue weighted by Gasteiger charge is -2.22. The van der Waals surface area contributed by atoms with E-state index in [9.17, 15) is 0 Å². The molecule has 0 saturated carbocycles. The molecule has 0 aliphatic carbocycles. The zero-order chi connectivity index (χ0) is 9.19. The molecule has 1 atom stereocenters. The van der Waals surface area contributed by atoms with Crippen molar-refractivity contribution >= 4 is 5.84 Å². The molecule has 1 saturated heterocycles. The van der Waals surface area contributed by atoms with E-state index in [1.807, 2.05) is 0 Å². The summed E-state index contributed by atoms with van der Waals surface area (Å²) in [6, 6.07) is 0. The van der Waals surface area contributed by atoms with Crippen molar-refractivity contribution in [1.29, 1.82) is 0 Å². The van der Waals surface area contributed by atoms with Crippen LogP contribution < -0.4 is 17.1 Å². The Morgan fingerprint density at radius 3 is 2.75 bits per heavy atom. The number of hydrogen-bond donors (Lipinski definition) is 3. The topological polar surface area (TPSA) is 79.7 Å². The summed E-state index contributed by atoms with van der Waals surface area (Å²) in [5.74, 6) is 5.65. The molecule has 0 amide bonds. The molecule has 12 heavy (non-hydrogen) atoms. The van der Waals surface area contributed by atoms with Gasteiger partial charge in [0.15, 0.2) is 0 Å². The maximum absolute atomic E-state index is 5.77. The van der Waals surface area contributed by atoms with Gasteiger partial charge >= 0.3 is 0 Å². The highest BCUT2D eigenvalue weighted by atomic mass is 15.5. The van der Waals surface area contributed by atoms with Crippen LogP contribution >= 0.6 is 0 Å². The van der Waals surface area contributed by atoms with E-state index in [4.69, 9.17) is 11.6 Å². The molecule has 1 rings (SSSR count). The quantitative estimate of drug-likeness (QED) is 0.217. The monoisotopic (exact) mass is 171 g/mol. The van der Waals surface area contributed by atoms with Crippen molar-refractivity contribution in [3.05, 3.63) is 0 Å². The van der Waals surface area contributed by atoms with Crippen LogP contribution in [0.2, 0.25) is 0 Å². The maximum Gasteiger partial charge on any atom is 0.128 e. The van der Waals surface area contributed by atoms with Gasteiger partial charge in [0.1, 0.15) is 5.84 Å². The minimum Gasteiger partial charge on any atom is -0.385 e. The zero-order valence-electron chi connectivity index (χ0n) is 7.67. The van der Waals surface area contributed by atoms with Crippen LogP contribution in [-0.2, 0) is 0 Å². The first-order valence-corrected chi connectivity index (χ1v) is 4.06. The summed E-state index contributed by atoms with van der Waals surface area (Å²) in [7, 11) is 2.08. The van der Waals surface area contributed by atoms with E-state index in [-0.39, 0.29) is 5.41 Å². The van der Waals surface area contributed by atoms with Gasteiger partial charge in [-0.25, -0.2) is 11.4 Å². The predicted molar refractivity (Wildman–Crippen MR) is 49.2 cm³/mol.